The van der Waals surface area contributed by atoms with E-state index in [2.05, 4.69) is 0 Å². The molecule has 1 N–H and O–H groups in total. The molecule has 0 spiro atoms. The molecule has 13 heavy (non-hydrogen) atoms. The lowest BCUT2D eigenvalue weighted by molar-refractivity contribution is -0.157. The molecule has 3 aliphatic carbocycles. The highest BCUT2D eigenvalue weighted by atomic mass is 16.4. The number of rotatable bonds is 1. The van der Waals surface area contributed by atoms with Crippen LogP contribution in [0, 0.1) is 17.3 Å². The third-order valence-electron chi connectivity index (χ3n) is 3.76. The summed E-state index contributed by atoms with van der Waals surface area (Å²) in [6, 6.07) is 0. The van der Waals surface area contributed by atoms with E-state index in [4.69, 9.17) is 5.11 Å². The van der Waals surface area contributed by atoms with Gasteiger partial charge >= 0.3 is 5.97 Å². The molecule has 3 rings (SSSR count). The van der Waals surface area contributed by atoms with Crippen molar-refractivity contribution in [3.8, 4) is 0 Å². The molecule has 3 saturated carbocycles. The van der Waals surface area contributed by atoms with Gasteiger partial charge in [0.2, 0.25) is 0 Å². The SMILES string of the molecule is C[C@]12CC[C@H](C[C@H]1C(=O)O)C(=O)C2. The minimum Gasteiger partial charge on any atom is -0.481 e. The van der Waals surface area contributed by atoms with Gasteiger partial charge in [0.15, 0.2) is 0 Å². The Bertz CT molecular complexity index is 271. The zero-order valence-corrected chi connectivity index (χ0v) is 7.75. The predicted molar refractivity (Wildman–Crippen MR) is 46.2 cm³/mol. The highest BCUT2D eigenvalue weighted by Gasteiger charge is 2.51. The van der Waals surface area contributed by atoms with Crippen molar-refractivity contribution >= 4 is 11.8 Å². The van der Waals surface area contributed by atoms with E-state index < -0.39 is 5.97 Å². The molecule has 2 bridgehead atoms. The highest BCUT2D eigenvalue weighted by Crippen LogP contribution is 2.51. The molecule has 0 radical (unpaired) electrons. The second kappa shape index (κ2) is 2.56. The fourth-order valence-corrected chi connectivity index (χ4v) is 2.81. The molecule has 72 valence electrons. The van der Waals surface area contributed by atoms with Crippen molar-refractivity contribution in [2.75, 3.05) is 0 Å². The fourth-order valence-electron chi connectivity index (χ4n) is 2.81. The number of aliphatic carboxylic acids is 1. The number of carboxylic acids is 1. The molecule has 3 aliphatic rings. The Morgan fingerprint density at radius 3 is 2.77 bits per heavy atom. The highest BCUT2D eigenvalue weighted by molar-refractivity contribution is 5.86. The summed E-state index contributed by atoms with van der Waals surface area (Å²) in [6.07, 6.45) is 2.86. The van der Waals surface area contributed by atoms with Crippen molar-refractivity contribution in [2.45, 2.75) is 32.6 Å². The first-order valence-electron chi connectivity index (χ1n) is 4.78. The first kappa shape index (κ1) is 8.73. The largest absolute Gasteiger partial charge is 0.481 e. The van der Waals surface area contributed by atoms with Crippen LogP contribution in [0.1, 0.15) is 32.6 Å². The molecule has 3 heteroatoms. The molecule has 0 aromatic rings. The van der Waals surface area contributed by atoms with Crippen LogP contribution in [-0.2, 0) is 9.59 Å². The van der Waals surface area contributed by atoms with Gasteiger partial charge in [-0.1, -0.05) is 6.92 Å². The number of Topliss-reactive ketones (excluding diaryl/α,β-unsaturated/α-hetero) is 1. The number of fused-ring (bicyclic) bond motifs is 3. The van der Waals surface area contributed by atoms with Crippen LogP contribution in [0.3, 0.4) is 0 Å². The maximum absolute atomic E-state index is 11.4. The molecular weight excluding hydrogens is 168 g/mol. The van der Waals surface area contributed by atoms with Crippen LogP contribution >= 0.6 is 0 Å². The van der Waals surface area contributed by atoms with E-state index in [0.717, 1.165) is 12.8 Å². The Morgan fingerprint density at radius 2 is 2.31 bits per heavy atom. The van der Waals surface area contributed by atoms with Gasteiger partial charge < -0.3 is 5.11 Å². The summed E-state index contributed by atoms with van der Waals surface area (Å²) in [7, 11) is 0. The van der Waals surface area contributed by atoms with Crippen LogP contribution in [0.4, 0.5) is 0 Å². The zero-order chi connectivity index (χ0) is 9.64. The summed E-state index contributed by atoms with van der Waals surface area (Å²) in [6.45, 7) is 1.94. The fraction of sp³-hybridized carbons (Fsp3) is 0.800. The Labute approximate surface area is 77.1 Å². The summed E-state index contributed by atoms with van der Waals surface area (Å²) in [4.78, 5) is 22.4. The minimum absolute atomic E-state index is 0.0444. The number of hydrogen-bond donors (Lipinski definition) is 1. The molecule has 0 amide bonds. The zero-order valence-electron chi connectivity index (χ0n) is 7.75. The quantitative estimate of drug-likeness (QED) is 0.668. The summed E-state index contributed by atoms with van der Waals surface area (Å²) >= 11 is 0. The second-order valence-electron chi connectivity index (χ2n) is 4.66. The lowest BCUT2D eigenvalue weighted by Crippen LogP contribution is -2.48. The third-order valence-corrected chi connectivity index (χ3v) is 3.76. The number of ketones is 1. The van der Waals surface area contributed by atoms with Crippen molar-refractivity contribution in [3.05, 3.63) is 0 Å². The monoisotopic (exact) mass is 182 g/mol. The van der Waals surface area contributed by atoms with E-state index >= 15 is 0 Å². The summed E-state index contributed by atoms with van der Waals surface area (Å²) in [5, 5.41) is 9.00. The van der Waals surface area contributed by atoms with Gasteiger partial charge in [-0.05, 0) is 24.7 Å². The molecule has 0 aliphatic heterocycles. The van der Waals surface area contributed by atoms with Crippen molar-refractivity contribution in [1.82, 2.24) is 0 Å². The van der Waals surface area contributed by atoms with Gasteiger partial charge in [-0.25, -0.2) is 0 Å². The van der Waals surface area contributed by atoms with Crippen molar-refractivity contribution in [2.24, 2.45) is 17.3 Å². The Kier molecular flexibility index (Phi) is 1.72. The molecule has 0 saturated heterocycles. The second-order valence-corrected chi connectivity index (χ2v) is 4.66. The first-order chi connectivity index (χ1) is 6.03. The summed E-state index contributed by atoms with van der Waals surface area (Å²) in [5.41, 5.74) is -0.252. The van der Waals surface area contributed by atoms with Crippen LogP contribution in [-0.4, -0.2) is 16.9 Å². The number of carboxylic acid groups (broad SMARTS) is 1. The van der Waals surface area contributed by atoms with Gasteiger partial charge in [-0.15, -0.1) is 0 Å². The minimum atomic E-state index is -0.722. The maximum Gasteiger partial charge on any atom is 0.307 e. The predicted octanol–water partition coefficient (Wildman–Crippen LogP) is 1.47. The molecule has 3 fully saturated rings. The van der Waals surface area contributed by atoms with Gasteiger partial charge in [0.05, 0.1) is 5.92 Å². The smallest absolute Gasteiger partial charge is 0.307 e. The normalized spacial score (nSPS) is 43.6. The molecule has 3 atom stereocenters. The molecule has 0 aromatic heterocycles. The summed E-state index contributed by atoms with van der Waals surface area (Å²) in [5.74, 6) is -0.683. The number of carbonyl (C=O) groups excluding carboxylic acids is 1. The van der Waals surface area contributed by atoms with E-state index in [0.29, 0.717) is 12.8 Å². The maximum atomic E-state index is 11.4. The van der Waals surface area contributed by atoms with Gasteiger partial charge in [-0.2, -0.15) is 0 Å². The van der Waals surface area contributed by atoms with Gasteiger partial charge in [0.25, 0.3) is 0 Å². The molecule has 0 unspecified atom stereocenters. The topological polar surface area (TPSA) is 54.4 Å². The summed E-state index contributed by atoms with van der Waals surface area (Å²) < 4.78 is 0. The van der Waals surface area contributed by atoms with Crippen LogP contribution in [0.25, 0.3) is 0 Å². The molecule has 0 heterocycles. The Hall–Kier alpha value is -0.860. The Balaban J connectivity index is 2.28. The van der Waals surface area contributed by atoms with E-state index in [-0.39, 0.29) is 23.0 Å². The van der Waals surface area contributed by atoms with Crippen LogP contribution in [0.5, 0.6) is 0 Å². The van der Waals surface area contributed by atoms with E-state index in [1.54, 1.807) is 0 Å². The van der Waals surface area contributed by atoms with E-state index in [9.17, 15) is 9.59 Å². The van der Waals surface area contributed by atoms with Crippen molar-refractivity contribution < 1.29 is 14.7 Å². The molecule has 0 aromatic carbocycles. The lowest BCUT2D eigenvalue weighted by Gasteiger charge is -2.47. The number of carbonyl (C=O) groups is 2. The van der Waals surface area contributed by atoms with Gasteiger partial charge in [0, 0.05) is 12.3 Å². The van der Waals surface area contributed by atoms with Crippen LogP contribution < -0.4 is 0 Å². The van der Waals surface area contributed by atoms with E-state index in [1.807, 2.05) is 6.92 Å². The van der Waals surface area contributed by atoms with Gasteiger partial charge in [0.1, 0.15) is 5.78 Å². The van der Waals surface area contributed by atoms with E-state index in [1.165, 1.54) is 0 Å². The van der Waals surface area contributed by atoms with Crippen LogP contribution in [0.2, 0.25) is 0 Å². The first-order valence-corrected chi connectivity index (χ1v) is 4.78. The lowest BCUT2D eigenvalue weighted by atomic mass is 9.55. The molecule has 3 nitrogen and oxygen atoms in total. The van der Waals surface area contributed by atoms with Crippen molar-refractivity contribution in [1.29, 1.82) is 0 Å². The van der Waals surface area contributed by atoms with Crippen molar-refractivity contribution in [3.63, 3.8) is 0 Å². The average Bonchev–Trinajstić information content (AvgIpc) is 2.02. The molecular formula is C10H14O3. The Morgan fingerprint density at radius 1 is 1.62 bits per heavy atom. The standard InChI is InChI=1S/C10H14O3/c1-10-3-2-6(8(11)5-10)4-7(10)9(12)13/h6-7H,2-5H2,1H3,(H,12,13)/t6-,7+,10-/m1/s1. The number of hydrogen-bond acceptors (Lipinski definition) is 2. The van der Waals surface area contributed by atoms with Gasteiger partial charge in [-0.3, -0.25) is 9.59 Å². The van der Waals surface area contributed by atoms with Crippen LogP contribution in [0.15, 0.2) is 0 Å². The average molecular weight is 182 g/mol. The third kappa shape index (κ3) is 1.18.